The third-order valence-corrected chi connectivity index (χ3v) is 3.95. The van der Waals surface area contributed by atoms with Gasteiger partial charge in [0.15, 0.2) is 6.29 Å². The van der Waals surface area contributed by atoms with Gasteiger partial charge in [-0.15, -0.1) is 0 Å². The molecule has 1 heterocycles. The van der Waals surface area contributed by atoms with Crippen molar-refractivity contribution in [2.24, 2.45) is 11.8 Å². The predicted octanol–water partition coefficient (Wildman–Crippen LogP) is 1.54. The Kier molecular flexibility index (Phi) is 1.56. The molecular weight excluding hydrogens is 176 g/mol. The lowest BCUT2D eigenvalue weighted by Crippen LogP contribution is -2.14. The first-order valence-electron chi connectivity index (χ1n) is 5.12. The second-order valence-electron chi connectivity index (χ2n) is 4.42. The van der Waals surface area contributed by atoms with Crippen LogP contribution in [0.4, 0.5) is 0 Å². The first-order chi connectivity index (χ1) is 6.77. The minimum atomic E-state index is -0.551. The van der Waals surface area contributed by atoms with Crippen molar-refractivity contribution in [3.8, 4) is 0 Å². The number of aliphatic hydroxyl groups is 1. The van der Waals surface area contributed by atoms with Crippen molar-refractivity contribution < 1.29 is 9.84 Å². The molecule has 1 aliphatic heterocycles. The van der Waals surface area contributed by atoms with E-state index in [4.69, 9.17) is 4.74 Å². The fourth-order valence-corrected chi connectivity index (χ4v) is 3.01. The lowest BCUT2D eigenvalue weighted by atomic mass is 9.94. The van der Waals surface area contributed by atoms with Crippen LogP contribution >= 0.6 is 0 Å². The van der Waals surface area contributed by atoms with Crippen LogP contribution in [0.5, 0.6) is 0 Å². The molecule has 1 aromatic carbocycles. The molecule has 2 fully saturated rings. The zero-order valence-electron chi connectivity index (χ0n) is 8.18. The highest BCUT2D eigenvalue weighted by Gasteiger charge is 2.70. The Morgan fingerprint density at radius 2 is 2.07 bits per heavy atom. The predicted molar refractivity (Wildman–Crippen MR) is 52.7 cm³/mol. The molecule has 0 aromatic heterocycles. The molecule has 0 amide bonds. The van der Waals surface area contributed by atoms with E-state index in [9.17, 15) is 5.11 Å². The summed E-state index contributed by atoms with van der Waals surface area (Å²) in [5.41, 5.74) is 1.43. The van der Waals surface area contributed by atoms with E-state index in [1.54, 1.807) is 0 Å². The molecule has 1 N–H and O–H groups in total. The first kappa shape index (κ1) is 8.45. The van der Waals surface area contributed by atoms with Crippen LogP contribution in [0.1, 0.15) is 12.5 Å². The van der Waals surface area contributed by atoms with Gasteiger partial charge in [0.25, 0.3) is 0 Å². The van der Waals surface area contributed by atoms with E-state index in [1.807, 2.05) is 6.07 Å². The molecule has 74 valence electrons. The van der Waals surface area contributed by atoms with Crippen molar-refractivity contribution >= 4 is 0 Å². The Bertz CT molecular complexity index is 349. The smallest absolute Gasteiger partial charge is 0.158 e. The Morgan fingerprint density at radius 1 is 1.36 bits per heavy atom. The van der Waals surface area contributed by atoms with Crippen LogP contribution in [0.15, 0.2) is 30.3 Å². The van der Waals surface area contributed by atoms with Crippen molar-refractivity contribution in [3.05, 3.63) is 35.9 Å². The summed E-state index contributed by atoms with van der Waals surface area (Å²) in [5, 5.41) is 9.61. The van der Waals surface area contributed by atoms with Crippen LogP contribution in [0.2, 0.25) is 0 Å². The monoisotopic (exact) mass is 190 g/mol. The minimum absolute atomic E-state index is 0.112. The quantitative estimate of drug-likeness (QED) is 0.728. The van der Waals surface area contributed by atoms with E-state index in [2.05, 4.69) is 31.2 Å². The van der Waals surface area contributed by atoms with Crippen LogP contribution in [0, 0.1) is 11.8 Å². The maximum Gasteiger partial charge on any atom is 0.158 e. The molecule has 2 heteroatoms. The topological polar surface area (TPSA) is 29.5 Å². The summed E-state index contributed by atoms with van der Waals surface area (Å²) in [4.78, 5) is 0. The van der Waals surface area contributed by atoms with E-state index in [1.165, 1.54) is 5.56 Å². The average molecular weight is 190 g/mol. The van der Waals surface area contributed by atoms with E-state index in [0.717, 1.165) is 0 Å². The maximum absolute atomic E-state index is 9.61. The van der Waals surface area contributed by atoms with Crippen molar-refractivity contribution in [2.75, 3.05) is 6.61 Å². The van der Waals surface area contributed by atoms with Crippen LogP contribution in [0.3, 0.4) is 0 Å². The van der Waals surface area contributed by atoms with Gasteiger partial charge in [-0.25, -0.2) is 0 Å². The van der Waals surface area contributed by atoms with Gasteiger partial charge in [-0.3, -0.25) is 0 Å². The number of benzene rings is 1. The molecule has 3 rings (SSSR count). The number of hydrogen-bond donors (Lipinski definition) is 1. The SMILES string of the molecule is C[C@@H]1[C@@H]2[C@@H](O)OC[C@@]21c1ccccc1. The number of rotatable bonds is 1. The molecule has 2 aliphatic rings. The number of fused-ring (bicyclic) bond motifs is 1. The van der Waals surface area contributed by atoms with Crippen molar-refractivity contribution in [3.63, 3.8) is 0 Å². The molecule has 1 aromatic rings. The number of aliphatic hydroxyl groups excluding tert-OH is 1. The Morgan fingerprint density at radius 3 is 2.64 bits per heavy atom. The third-order valence-electron chi connectivity index (χ3n) is 3.95. The fourth-order valence-electron chi connectivity index (χ4n) is 3.01. The largest absolute Gasteiger partial charge is 0.368 e. The molecule has 1 saturated heterocycles. The van der Waals surface area contributed by atoms with Gasteiger partial charge in [0.05, 0.1) is 6.61 Å². The normalized spacial score (nSPS) is 44.9. The zero-order valence-corrected chi connectivity index (χ0v) is 8.18. The molecule has 14 heavy (non-hydrogen) atoms. The van der Waals surface area contributed by atoms with Gasteiger partial charge >= 0.3 is 0 Å². The molecule has 0 bridgehead atoms. The van der Waals surface area contributed by atoms with E-state index < -0.39 is 6.29 Å². The average Bonchev–Trinajstić information content (AvgIpc) is 2.65. The Balaban J connectivity index is 2.01. The first-order valence-corrected chi connectivity index (χ1v) is 5.12. The lowest BCUT2D eigenvalue weighted by molar-refractivity contribution is -0.0884. The van der Waals surface area contributed by atoms with Crippen LogP contribution < -0.4 is 0 Å². The standard InChI is InChI=1S/C12H14O2/c1-8-10-11(13)14-7-12(8,10)9-5-3-2-4-6-9/h2-6,8,10-11,13H,7H2,1H3/t8-,10-,11+,12-/m1/s1. The summed E-state index contributed by atoms with van der Waals surface area (Å²) in [6, 6.07) is 10.4. The molecule has 0 spiro atoms. The summed E-state index contributed by atoms with van der Waals surface area (Å²) in [7, 11) is 0. The summed E-state index contributed by atoms with van der Waals surface area (Å²) in [5.74, 6) is 0.860. The van der Waals surface area contributed by atoms with E-state index in [0.29, 0.717) is 18.4 Å². The van der Waals surface area contributed by atoms with Crippen LogP contribution in [-0.4, -0.2) is 18.0 Å². The van der Waals surface area contributed by atoms with E-state index in [-0.39, 0.29) is 5.41 Å². The van der Waals surface area contributed by atoms with Gasteiger partial charge in [0, 0.05) is 11.3 Å². The molecule has 0 radical (unpaired) electrons. The molecule has 4 atom stereocenters. The molecule has 1 saturated carbocycles. The highest BCUT2D eigenvalue weighted by atomic mass is 16.6. The number of hydrogen-bond acceptors (Lipinski definition) is 2. The second kappa shape index (κ2) is 2.59. The van der Waals surface area contributed by atoms with Crippen molar-refractivity contribution in [2.45, 2.75) is 18.6 Å². The summed E-state index contributed by atoms with van der Waals surface area (Å²) >= 11 is 0. The molecule has 1 aliphatic carbocycles. The van der Waals surface area contributed by atoms with Crippen LogP contribution in [0.25, 0.3) is 0 Å². The zero-order chi connectivity index (χ0) is 9.76. The van der Waals surface area contributed by atoms with Gasteiger partial charge in [-0.1, -0.05) is 37.3 Å². The fraction of sp³-hybridized carbons (Fsp3) is 0.500. The highest BCUT2D eigenvalue weighted by Crippen LogP contribution is 2.65. The summed E-state index contributed by atoms with van der Waals surface area (Å²) in [6.45, 7) is 2.87. The number of ether oxygens (including phenoxy) is 1. The van der Waals surface area contributed by atoms with Gasteiger partial charge in [0.1, 0.15) is 0 Å². The highest BCUT2D eigenvalue weighted by molar-refractivity contribution is 5.38. The molecule has 0 unspecified atom stereocenters. The van der Waals surface area contributed by atoms with Gasteiger partial charge in [0.2, 0.25) is 0 Å². The Hall–Kier alpha value is -0.860. The summed E-state index contributed by atoms with van der Waals surface area (Å²) in [6.07, 6.45) is -0.551. The second-order valence-corrected chi connectivity index (χ2v) is 4.42. The Labute approximate surface area is 83.5 Å². The van der Waals surface area contributed by atoms with Crippen molar-refractivity contribution in [1.82, 2.24) is 0 Å². The minimum Gasteiger partial charge on any atom is -0.368 e. The van der Waals surface area contributed by atoms with E-state index >= 15 is 0 Å². The lowest BCUT2D eigenvalue weighted by Gasteiger charge is -2.13. The van der Waals surface area contributed by atoms with Crippen molar-refractivity contribution in [1.29, 1.82) is 0 Å². The molecule has 2 nitrogen and oxygen atoms in total. The summed E-state index contributed by atoms with van der Waals surface area (Å²) < 4.78 is 5.30. The van der Waals surface area contributed by atoms with Gasteiger partial charge in [-0.05, 0) is 11.5 Å². The van der Waals surface area contributed by atoms with Crippen LogP contribution in [-0.2, 0) is 10.2 Å². The molecular formula is C12H14O2. The van der Waals surface area contributed by atoms with Gasteiger partial charge < -0.3 is 9.84 Å². The maximum atomic E-state index is 9.61. The third kappa shape index (κ3) is 0.830. The van der Waals surface area contributed by atoms with Gasteiger partial charge in [-0.2, -0.15) is 0 Å².